The molecule has 0 rings (SSSR count). The zero-order valence-electron chi connectivity index (χ0n) is 12.5. The molecule has 0 atom stereocenters. The highest BCUT2D eigenvalue weighted by Crippen LogP contribution is 2.11. The summed E-state index contributed by atoms with van der Waals surface area (Å²) in [5.41, 5.74) is 4.77. The van der Waals surface area contributed by atoms with Crippen molar-refractivity contribution in [2.75, 3.05) is 0 Å². The number of hydrogen-bond acceptors (Lipinski definition) is 3. The van der Waals surface area contributed by atoms with Gasteiger partial charge in [0.05, 0.1) is 0 Å². The van der Waals surface area contributed by atoms with Gasteiger partial charge in [0, 0.05) is 6.42 Å². The molecule has 0 saturated carbocycles. The van der Waals surface area contributed by atoms with Crippen molar-refractivity contribution in [3.63, 3.8) is 0 Å². The number of hydrogen-bond donors (Lipinski definition) is 1. The highest BCUT2D eigenvalue weighted by molar-refractivity contribution is 5.69. The molecular formula is C15H31NO2. The van der Waals surface area contributed by atoms with E-state index in [1.54, 1.807) is 13.8 Å². The van der Waals surface area contributed by atoms with Gasteiger partial charge in [-0.25, -0.2) is 0 Å². The summed E-state index contributed by atoms with van der Waals surface area (Å²) in [4.78, 5) is 11.4. The SMILES string of the molecule is CCCCCCCCCCCC(=O)OC(C)(C)N. The minimum Gasteiger partial charge on any atom is -0.445 e. The first-order valence-corrected chi connectivity index (χ1v) is 7.46. The fourth-order valence-electron chi connectivity index (χ4n) is 1.92. The lowest BCUT2D eigenvalue weighted by molar-refractivity contribution is -0.156. The molecule has 0 unspecified atom stereocenters. The van der Waals surface area contributed by atoms with Gasteiger partial charge in [-0.15, -0.1) is 0 Å². The summed E-state index contributed by atoms with van der Waals surface area (Å²) in [7, 11) is 0. The number of unbranched alkanes of at least 4 members (excludes halogenated alkanes) is 8. The van der Waals surface area contributed by atoms with Crippen molar-refractivity contribution in [2.45, 2.75) is 90.7 Å². The molecule has 108 valence electrons. The summed E-state index contributed by atoms with van der Waals surface area (Å²) in [5.74, 6) is -0.176. The summed E-state index contributed by atoms with van der Waals surface area (Å²) in [6.07, 6.45) is 11.8. The lowest BCUT2D eigenvalue weighted by atomic mass is 10.1. The molecule has 0 aromatic rings. The Morgan fingerprint density at radius 1 is 0.944 bits per heavy atom. The van der Waals surface area contributed by atoms with Crippen molar-refractivity contribution >= 4 is 5.97 Å². The van der Waals surface area contributed by atoms with Crippen LogP contribution in [0, 0.1) is 0 Å². The van der Waals surface area contributed by atoms with Crippen molar-refractivity contribution in [1.29, 1.82) is 0 Å². The Morgan fingerprint density at radius 3 is 1.83 bits per heavy atom. The van der Waals surface area contributed by atoms with E-state index in [1.165, 1.54) is 44.9 Å². The minimum atomic E-state index is -0.837. The van der Waals surface area contributed by atoms with E-state index < -0.39 is 5.72 Å². The molecule has 0 bridgehead atoms. The first-order chi connectivity index (χ1) is 8.45. The molecule has 2 N–H and O–H groups in total. The summed E-state index contributed by atoms with van der Waals surface area (Å²) < 4.78 is 5.05. The number of carbonyl (C=O) groups excluding carboxylic acids is 1. The normalized spacial score (nSPS) is 11.6. The van der Waals surface area contributed by atoms with Gasteiger partial charge in [-0.05, 0) is 20.3 Å². The standard InChI is InChI=1S/C15H31NO2/c1-4-5-6-7-8-9-10-11-12-13-14(17)18-15(2,3)16/h4-13,16H2,1-3H3. The largest absolute Gasteiger partial charge is 0.445 e. The summed E-state index contributed by atoms with van der Waals surface area (Å²) in [6.45, 7) is 5.63. The molecular weight excluding hydrogens is 226 g/mol. The molecule has 3 nitrogen and oxygen atoms in total. The Bertz CT molecular complexity index is 209. The Balaban J connectivity index is 3.23. The average Bonchev–Trinajstić information content (AvgIpc) is 2.24. The number of carbonyl (C=O) groups is 1. The maximum atomic E-state index is 11.4. The van der Waals surface area contributed by atoms with Crippen LogP contribution in [0.2, 0.25) is 0 Å². The molecule has 0 fully saturated rings. The summed E-state index contributed by atoms with van der Waals surface area (Å²) in [6, 6.07) is 0. The molecule has 0 radical (unpaired) electrons. The van der Waals surface area contributed by atoms with Gasteiger partial charge in [0.25, 0.3) is 0 Å². The fraction of sp³-hybridized carbons (Fsp3) is 0.933. The third-order valence-electron chi connectivity index (χ3n) is 2.86. The van der Waals surface area contributed by atoms with E-state index in [-0.39, 0.29) is 5.97 Å². The highest BCUT2D eigenvalue weighted by Gasteiger charge is 2.15. The molecule has 0 aliphatic heterocycles. The molecule has 18 heavy (non-hydrogen) atoms. The summed E-state index contributed by atoms with van der Waals surface area (Å²) >= 11 is 0. The third kappa shape index (κ3) is 13.5. The smallest absolute Gasteiger partial charge is 0.307 e. The Morgan fingerprint density at radius 2 is 1.39 bits per heavy atom. The van der Waals surface area contributed by atoms with Crippen LogP contribution in [0.1, 0.15) is 85.0 Å². The van der Waals surface area contributed by atoms with E-state index in [2.05, 4.69) is 6.92 Å². The van der Waals surface area contributed by atoms with Crippen LogP contribution in [-0.4, -0.2) is 11.7 Å². The number of rotatable bonds is 11. The Hall–Kier alpha value is -0.570. The molecule has 0 aliphatic rings. The zero-order chi connectivity index (χ0) is 13.9. The highest BCUT2D eigenvalue weighted by atomic mass is 16.6. The molecule has 0 saturated heterocycles. The molecule has 0 heterocycles. The first-order valence-electron chi connectivity index (χ1n) is 7.46. The number of nitrogens with two attached hydrogens (primary N) is 1. The van der Waals surface area contributed by atoms with E-state index in [4.69, 9.17) is 10.5 Å². The van der Waals surface area contributed by atoms with Crippen LogP contribution >= 0.6 is 0 Å². The van der Waals surface area contributed by atoms with E-state index in [0.29, 0.717) is 6.42 Å². The van der Waals surface area contributed by atoms with Crippen molar-refractivity contribution in [1.82, 2.24) is 0 Å². The first kappa shape index (κ1) is 17.4. The van der Waals surface area contributed by atoms with Crippen molar-refractivity contribution < 1.29 is 9.53 Å². The monoisotopic (exact) mass is 257 g/mol. The van der Waals surface area contributed by atoms with E-state index in [0.717, 1.165) is 12.8 Å². The second kappa shape index (κ2) is 10.4. The molecule has 0 aromatic carbocycles. The number of ether oxygens (including phenoxy) is 1. The van der Waals surface area contributed by atoms with E-state index in [1.807, 2.05) is 0 Å². The van der Waals surface area contributed by atoms with Gasteiger partial charge in [0.2, 0.25) is 0 Å². The predicted octanol–water partition coefficient (Wildman–Crippen LogP) is 4.15. The van der Waals surface area contributed by atoms with Crippen LogP contribution in [-0.2, 0) is 9.53 Å². The van der Waals surface area contributed by atoms with Gasteiger partial charge in [-0.2, -0.15) is 0 Å². The van der Waals surface area contributed by atoms with E-state index in [9.17, 15) is 4.79 Å². The van der Waals surface area contributed by atoms with Crippen molar-refractivity contribution in [3.05, 3.63) is 0 Å². The molecule has 0 spiro atoms. The summed E-state index contributed by atoms with van der Waals surface area (Å²) in [5, 5.41) is 0. The molecule has 0 aliphatic carbocycles. The van der Waals surface area contributed by atoms with Crippen LogP contribution in [0.15, 0.2) is 0 Å². The lowest BCUT2D eigenvalue weighted by Crippen LogP contribution is -2.37. The van der Waals surface area contributed by atoms with Crippen LogP contribution in [0.4, 0.5) is 0 Å². The van der Waals surface area contributed by atoms with Gasteiger partial charge in [0.15, 0.2) is 5.72 Å². The van der Waals surface area contributed by atoms with Crippen molar-refractivity contribution in [3.8, 4) is 0 Å². The third-order valence-corrected chi connectivity index (χ3v) is 2.86. The predicted molar refractivity (Wildman–Crippen MR) is 76.2 cm³/mol. The second-order valence-electron chi connectivity index (χ2n) is 5.66. The van der Waals surface area contributed by atoms with Gasteiger partial charge < -0.3 is 4.74 Å². The maximum Gasteiger partial charge on any atom is 0.307 e. The topological polar surface area (TPSA) is 52.3 Å². The molecule has 0 aromatic heterocycles. The minimum absolute atomic E-state index is 0.176. The van der Waals surface area contributed by atoms with Gasteiger partial charge in [-0.3, -0.25) is 10.5 Å². The average molecular weight is 257 g/mol. The second-order valence-corrected chi connectivity index (χ2v) is 5.66. The van der Waals surface area contributed by atoms with Gasteiger partial charge >= 0.3 is 5.97 Å². The number of esters is 1. The van der Waals surface area contributed by atoms with Crippen molar-refractivity contribution in [2.24, 2.45) is 5.73 Å². The Labute approximate surface area is 112 Å². The Kier molecular flexibility index (Phi) is 10.0. The van der Waals surface area contributed by atoms with Gasteiger partial charge in [0.1, 0.15) is 0 Å². The fourth-order valence-corrected chi connectivity index (χ4v) is 1.92. The quantitative estimate of drug-likeness (QED) is 0.344. The van der Waals surface area contributed by atoms with E-state index >= 15 is 0 Å². The van der Waals surface area contributed by atoms with Crippen LogP contribution in [0.25, 0.3) is 0 Å². The van der Waals surface area contributed by atoms with Gasteiger partial charge in [-0.1, -0.05) is 58.3 Å². The van der Waals surface area contributed by atoms with Crippen LogP contribution in [0.3, 0.4) is 0 Å². The van der Waals surface area contributed by atoms with Crippen LogP contribution in [0.5, 0.6) is 0 Å². The maximum absolute atomic E-state index is 11.4. The van der Waals surface area contributed by atoms with Crippen LogP contribution < -0.4 is 5.73 Å². The zero-order valence-corrected chi connectivity index (χ0v) is 12.5. The molecule has 0 amide bonds. The lowest BCUT2D eigenvalue weighted by Gasteiger charge is -2.19. The molecule has 3 heteroatoms.